The Morgan fingerprint density at radius 2 is 0.878 bits per heavy atom. The van der Waals surface area contributed by atoms with E-state index in [1.54, 1.807) is 0 Å². The number of aliphatic carboxylic acids is 1. The maximum Gasteiger partial charge on any atom is 0.326 e. The SMILES string of the molecule is CCCCCCCCCCCCCCC(CCCCCCCC(=O)NC(CCCN)C(=O)O)OC(=O)CCCCCCCCCCCCC. The third-order valence-electron chi connectivity index (χ3n) is 9.92. The average molecular weight is 695 g/mol. The number of hydrogen-bond donors (Lipinski definition) is 3. The van der Waals surface area contributed by atoms with Crippen LogP contribution < -0.4 is 11.1 Å². The maximum absolute atomic E-state index is 12.7. The third kappa shape index (κ3) is 34.6. The molecule has 0 aromatic heterocycles. The smallest absolute Gasteiger partial charge is 0.326 e. The summed E-state index contributed by atoms with van der Waals surface area (Å²) >= 11 is 0. The molecule has 0 spiro atoms. The van der Waals surface area contributed by atoms with Gasteiger partial charge in [-0.25, -0.2) is 4.79 Å². The fourth-order valence-corrected chi connectivity index (χ4v) is 6.69. The van der Waals surface area contributed by atoms with Crippen LogP contribution in [0.2, 0.25) is 0 Å². The Morgan fingerprint density at radius 3 is 1.27 bits per heavy atom. The molecule has 0 heterocycles. The highest BCUT2D eigenvalue weighted by Crippen LogP contribution is 2.19. The van der Waals surface area contributed by atoms with Crippen molar-refractivity contribution in [2.24, 2.45) is 5.73 Å². The highest BCUT2D eigenvalue weighted by atomic mass is 16.5. The topological polar surface area (TPSA) is 119 Å². The number of nitrogens with one attached hydrogen (secondary N) is 1. The largest absolute Gasteiger partial charge is 0.480 e. The van der Waals surface area contributed by atoms with Crippen LogP contribution in [-0.2, 0) is 19.1 Å². The Kier molecular flexibility index (Phi) is 36.4. The second-order valence-electron chi connectivity index (χ2n) is 14.8. The molecule has 2 unspecified atom stereocenters. The van der Waals surface area contributed by atoms with Gasteiger partial charge in [-0.15, -0.1) is 0 Å². The summed E-state index contributed by atoms with van der Waals surface area (Å²) in [6.45, 7) is 4.95. The lowest BCUT2D eigenvalue weighted by Gasteiger charge is -2.18. The summed E-state index contributed by atoms with van der Waals surface area (Å²) in [6.07, 6.45) is 38.5. The molecule has 4 N–H and O–H groups in total. The number of esters is 1. The molecule has 0 saturated heterocycles. The zero-order valence-corrected chi connectivity index (χ0v) is 32.6. The van der Waals surface area contributed by atoms with Gasteiger partial charge in [0.15, 0.2) is 0 Å². The van der Waals surface area contributed by atoms with Crippen LogP contribution in [0.15, 0.2) is 0 Å². The highest BCUT2D eigenvalue weighted by molar-refractivity contribution is 5.83. The normalized spacial score (nSPS) is 12.6. The highest BCUT2D eigenvalue weighted by Gasteiger charge is 2.19. The van der Waals surface area contributed by atoms with Crippen LogP contribution in [0, 0.1) is 0 Å². The van der Waals surface area contributed by atoms with Crippen molar-refractivity contribution < 1.29 is 24.2 Å². The molecule has 0 aliphatic heterocycles. The van der Waals surface area contributed by atoms with Gasteiger partial charge in [-0.1, -0.05) is 168 Å². The minimum Gasteiger partial charge on any atom is -0.480 e. The van der Waals surface area contributed by atoms with Crippen molar-refractivity contribution in [3.05, 3.63) is 0 Å². The van der Waals surface area contributed by atoms with E-state index in [1.165, 1.54) is 128 Å². The van der Waals surface area contributed by atoms with E-state index in [1.807, 2.05) is 0 Å². The number of nitrogens with two attached hydrogens (primary N) is 1. The quantitative estimate of drug-likeness (QED) is 0.0435. The number of hydrogen-bond acceptors (Lipinski definition) is 5. The molecule has 290 valence electrons. The van der Waals surface area contributed by atoms with Gasteiger partial charge in [0.25, 0.3) is 0 Å². The van der Waals surface area contributed by atoms with E-state index in [4.69, 9.17) is 10.5 Å². The summed E-state index contributed by atoms with van der Waals surface area (Å²) in [5.74, 6) is -1.21. The maximum atomic E-state index is 12.7. The molecule has 1 amide bonds. The Morgan fingerprint density at radius 1 is 0.510 bits per heavy atom. The second-order valence-corrected chi connectivity index (χ2v) is 14.8. The van der Waals surface area contributed by atoms with Crippen molar-refractivity contribution in [2.75, 3.05) is 6.54 Å². The lowest BCUT2D eigenvalue weighted by Crippen LogP contribution is -2.40. The van der Waals surface area contributed by atoms with Crippen LogP contribution >= 0.6 is 0 Å². The fourth-order valence-electron chi connectivity index (χ4n) is 6.69. The summed E-state index contributed by atoms with van der Waals surface area (Å²) in [7, 11) is 0. The minimum atomic E-state index is -1.00. The van der Waals surface area contributed by atoms with Gasteiger partial charge in [0.05, 0.1) is 0 Å². The molecule has 0 aliphatic rings. The molecule has 0 bridgehead atoms. The van der Waals surface area contributed by atoms with Crippen LogP contribution in [0.1, 0.15) is 232 Å². The first-order chi connectivity index (χ1) is 23.9. The lowest BCUT2D eigenvalue weighted by molar-refractivity contribution is -0.150. The van der Waals surface area contributed by atoms with Crippen molar-refractivity contribution in [2.45, 2.75) is 244 Å². The van der Waals surface area contributed by atoms with Gasteiger partial charge < -0.3 is 20.9 Å². The Balaban J connectivity index is 4.29. The van der Waals surface area contributed by atoms with E-state index >= 15 is 0 Å². The zero-order chi connectivity index (χ0) is 36.0. The summed E-state index contributed by atoms with van der Waals surface area (Å²) in [4.78, 5) is 36.3. The summed E-state index contributed by atoms with van der Waals surface area (Å²) in [5.41, 5.74) is 5.48. The van der Waals surface area contributed by atoms with E-state index in [2.05, 4.69) is 19.2 Å². The molecule has 0 radical (unpaired) electrons. The van der Waals surface area contributed by atoms with E-state index in [-0.39, 0.29) is 18.0 Å². The third-order valence-corrected chi connectivity index (χ3v) is 9.92. The monoisotopic (exact) mass is 695 g/mol. The first-order valence-corrected chi connectivity index (χ1v) is 21.4. The lowest BCUT2D eigenvalue weighted by atomic mass is 10.0. The average Bonchev–Trinajstić information content (AvgIpc) is 3.08. The molecule has 7 nitrogen and oxygen atoms in total. The molecule has 49 heavy (non-hydrogen) atoms. The second kappa shape index (κ2) is 37.6. The predicted octanol–water partition coefficient (Wildman–Crippen LogP) is 11.7. The number of carbonyl (C=O) groups is 3. The number of rotatable bonds is 39. The van der Waals surface area contributed by atoms with Crippen molar-refractivity contribution >= 4 is 17.8 Å². The molecule has 0 saturated carbocycles. The molecule has 0 aromatic carbocycles. The predicted molar refractivity (Wildman–Crippen MR) is 207 cm³/mol. The molecule has 7 heteroatoms. The fraction of sp³-hybridized carbons (Fsp3) is 0.929. The molecular formula is C42H82N2O5. The van der Waals surface area contributed by atoms with Crippen molar-refractivity contribution in [3.63, 3.8) is 0 Å². The van der Waals surface area contributed by atoms with Crippen LogP contribution in [0.4, 0.5) is 0 Å². The van der Waals surface area contributed by atoms with E-state index in [9.17, 15) is 19.5 Å². The number of ether oxygens (including phenoxy) is 1. The molecule has 0 aromatic rings. The van der Waals surface area contributed by atoms with Crippen LogP contribution in [0.3, 0.4) is 0 Å². The first kappa shape index (κ1) is 47.4. The van der Waals surface area contributed by atoms with Gasteiger partial charge in [-0.2, -0.15) is 0 Å². The van der Waals surface area contributed by atoms with Crippen LogP contribution in [0.25, 0.3) is 0 Å². The molecule has 0 rings (SSSR count). The molecular weight excluding hydrogens is 612 g/mol. The van der Waals surface area contributed by atoms with Crippen molar-refractivity contribution in [1.82, 2.24) is 5.32 Å². The molecule has 2 atom stereocenters. The van der Waals surface area contributed by atoms with Crippen LogP contribution in [-0.4, -0.2) is 41.6 Å². The minimum absolute atomic E-state index is 0.0167. The van der Waals surface area contributed by atoms with Gasteiger partial charge in [-0.05, 0) is 57.9 Å². The Bertz CT molecular complexity index is 747. The number of unbranched alkanes of at least 4 members (excludes halogenated alkanes) is 25. The Labute approximate surface area is 303 Å². The Hall–Kier alpha value is -1.63. The number of carboxylic acids is 1. The van der Waals surface area contributed by atoms with Gasteiger partial charge in [0.1, 0.15) is 12.1 Å². The first-order valence-electron chi connectivity index (χ1n) is 21.4. The van der Waals surface area contributed by atoms with E-state index in [0.29, 0.717) is 32.2 Å². The molecule has 0 aliphatic carbocycles. The molecule has 0 fully saturated rings. The van der Waals surface area contributed by atoms with Gasteiger partial charge in [0.2, 0.25) is 5.91 Å². The number of amides is 1. The van der Waals surface area contributed by atoms with Gasteiger partial charge >= 0.3 is 11.9 Å². The summed E-state index contributed by atoms with van der Waals surface area (Å²) in [5, 5.41) is 11.9. The van der Waals surface area contributed by atoms with Crippen LogP contribution in [0.5, 0.6) is 0 Å². The van der Waals surface area contributed by atoms with Gasteiger partial charge in [-0.3, -0.25) is 9.59 Å². The summed E-state index contributed by atoms with van der Waals surface area (Å²) < 4.78 is 6.04. The van der Waals surface area contributed by atoms with E-state index in [0.717, 1.165) is 64.2 Å². The number of carboxylic acid groups (broad SMARTS) is 1. The van der Waals surface area contributed by atoms with Crippen molar-refractivity contribution in [1.29, 1.82) is 0 Å². The standard InChI is InChI=1S/C42H82N2O5/c1-3-5-7-9-11-13-15-17-18-20-23-27-32-38(49-41(46)36-30-26-21-19-16-14-12-10-8-6-4-2)33-28-24-22-25-29-35-40(45)44-39(42(47)48)34-31-37-43/h38-39H,3-37,43H2,1-2H3,(H,44,45)(H,47,48). The summed E-state index contributed by atoms with van der Waals surface area (Å²) in [6, 6.07) is -0.851. The van der Waals surface area contributed by atoms with Crippen molar-refractivity contribution in [3.8, 4) is 0 Å². The zero-order valence-electron chi connectivity index (χ0n) is 32.6. The number of carbonyl (C=O) groups excluding carboxylic acids is 2. The van der Waals surface area contributed by atoms with Gasteiger partial charge in [0, 0.05) is 12.8 Å². The van der Waals surface area contributed by atoms with E-state index < -0.39 is 12.0 Å².